The summed E-state index contributed by atoms with van der Waals surface area (Å²) in [7, 11) is 3.66. The van der Waals surface area contributed by atoms with Crippen LogP contribution in [0.4, 0.5) is 0 Å². The fourth-order valence-corrected chi connectivity index (χ4v) is 2.43. The van der Waals surface area contributed by atoms with Gasteiger partial charge in [-0.2, -0.15) is 0 Å². The Morgan fingerprint density at radius 2 is 1.23 bits per heavy atom. The number of tetrazole rings is 2. The molecule has 0 aliphatic heterocycles. The highest BCUT2D eigenvalue weighted by molar-refractivity contribution is 5.55. The predicted octanol–water partition coefficient (Wildman–Crippen LogP) is 2.37. The maximum absolute atomic E-state index is 3.93. The summed E-state index contributed by atoms with van der Waals surface area (Å²) in [6.07, 6.45) is 0. The molecule has 0 aliphatic rings. The van der Waals surface area contributed by atoms with Crippen LogP contribution in [-0.2, 0) is 14.1 Å². The zero-order chi connectivity index (χ0) is 18.5. The second-order valence-electron chi connectivity index (χ2n) is 5.99. The minimum Gasteiger partial charge on any atom is -0.229 e. The van der Waals surface area contributed by atoms with E-state index < -0.39 is 0 Å². The van der Waals surface area contributed by atoms with E-state index in [0.29, 0.717) is 0 Å². The SMILES string of the molecule is Cc1ccc(-c2nnnn2C)cc1.Cc1cccc(-c2nnnn2C)c1. The van der Waals surface area contributed by atoms with E-state index in [0.717, 1.165) is 22.8 Å². The van der Waals surface area contributed by atoms with Crippen LogP contribution in [0.25, 0.3) is 22.8 Å². The van der Waals surface area contributed by atoms with E-state index in [-0.39, 0.29) is 0 Å². The Balaban J connectivity index is 0.000000151. The Labute approximate surface area is 151 Å². The normalized spacial score (nSPS) is 10.3. The van der Waals surface area contributed by atoms with Crippen LogP contribution in [-0.4, -0.2) is 40.4 Å². The van der Waals surface area contributed by atoms with E-state index in [1.54, 1.807) is 9.36 Å². The quantitative estimate of drug-likeness (QED) is 0.553. The Bertz CT molecular complexity index is 984. The Kier molecular flexibility index (Phi) is 5.12. The van der Waals surface area contributed by atoms with E-state index >= 15 is 0 Å². The lowest BCUT2D eigenvalue weighted by Crippen LogP contribution is -1.94. The first kappa shape index (κ1) is 17.4. The van der Waals surface area contributed by atoms with Crippen molar-refractivity contribution in [2.45, 2.75) is 13.8 Å². The molecule has 0 spiro atoms. The van der Waals surface area contributed by atoms with Crippen LogP contribution >= 0.6 is 0 Å². The summed E-state index contributed by atoms with van der Waals surface area (Å²) in [4.78, 5) is 0. The van der Waals surface area contributed by atoms with Gasteiger partial charge < -0.3 is 0 Å². The van der Waals surface area contributed by atoms with Crippen LogP contribution in [0.2, 0.25) is 0 Å². The largest absolute Gasteiger partial charge is 0.229 e. The number of hydrogen-bond donors (Lipinski definition) is 0. The first-order chi connectivity index (χ1) is 12.5. The first-order valence-corrected chi connectivity index (χ1v) is 8.13. The summed E-state index contributed by atoms with van der Waals surface area (Å²) < 4.78 is 3.32. The van der Waals surface area contributed by atoms with Crippen molar-refractivity contribution in [2.75, 3.05) is 0 Å². The Morgan fingerprint density at radius 1 is 0.654 bits per heavy atom. The number of nitrogens with zero attached hydrogens (tertiary/aromatic N) is 8. The molecule has 0 amide bonds. The van der Waals surface area contributed by atoms with Crippen molar-refractivity contribution >= 4 is 0 Å². The van der Waals surface area contributed by atoms with Gasteiger partial charge in [-0.05, 0) is 40.8 Å². The van der Waals surface area contributed by atoms with Gasteiger partial charge in [0.1, 0.15) is 0 Å². The molecule has 2 aromatic heterocycles. The molecular weight excluding hydrogens is 328 g/mol. The van der Waals surface area contributed by atoms with Crippen LogP contribution in [0.5, 0.6) is 0 Å². The monoisotopic (exact) mass is 348 g/mol. The summed E-state index contributed by atoms with van der Waals surface area (Å²) in [5.41, 5.74) is 4.53. The molecule has 4 aromatic rings. The third-order valence-electron chi connectivity index (χ3n) is 3.83. The van der Waals surface area contributed by atoms with Gasteiger partial charge in [0.2, 0.25) is 0 Å². The molecule has 132 valence electrons. The van der Waals surface area contributed by atoms with Gasteiger partial charge in [-0.1, -0.05) is 53.6 Å². The van der Waals surface area contributed by atoms with Crippen molar-refractivity contribution in [3.05, 3.63) is 59.7 Å². The molecule has 4 rings (SSSR count). The van der Waals surface area contributed by atoms with Crippen molar-refractivity contribution in [2.24, 2.45) is 14.1 Å². The molecule has 8 nitrogen and oxygen atoms in total. The van der Waals surface area contributed by atoms with E-state index in [9.17, 15) is 0 Å². The van der Waals surface area contributed by atoms with Gasteiger partial charge in [-0.15, -0.1) is 10.2 Å². The van der Waals surface area contributed by atoms with Crippen molar-refractivity contribution < 1.29 is 0 Å². The van der Waals surface area contributed by atoms with Crippen LogP contribution in [0.15, 0.2) is 48.5 Å². The predicted molar refractivity (Wildman–Crippen MR) is 97.9 cm³/mol. The van der Waals surface area contributed by atoms with E-state index in [1.807, 2.05) is 63.5 Å². The highest BCUT2D eigenvalue weighted by Gasteiger charge is 2.04. The molecule has 8 heteroatoms. The third kappa shape index (κ3) is 3.97. The maximum atomic E-state index is 3.93. The average molecular weight is 348 g/mol. The standard InChI is InChI=1S/2C9H10N4/c1-7-3-5-8(6-4-7)9-10-11-12-13(9)2;1-7-4-3-5-8(6-7)9-10-11-12-13(9)2/h2*3-6H,1-2H3. The molecule has 0 radical (unpaired) electrons. The van der Waals surface area contributed by atoms with E-state index in [2.05, 4.69) is 44.0 Å². The topological polar surface area (TPSA) is 87.2 Å². The number of hydrogen-bond acceptors (Lipinski definition) is 6. The Morgan fingerprint density at radius 3 is 1.73 bits per heavy atom. The molecule has 26 heavy (non-hydrogen) atoms. The molecule has 0 bridgehead atoms. The summed E-state index contributed by atoms with van der Waals surface area (Å²) >= 11 is 0. The second kappa shape index (κ2) is 7.64. The number of aromatic nitrogens is 8. The average Bonchev–Trinajstić information content (AvgIpc) is 3.25. The van der Waals surface area contributed by atoms with E-state index in [1.165, 1.54) is 11.1 Å². The Hall–Kier alpha value is -3.42. The third-order valence-corrected chi connectivity index (χ3v) is 3.83. The lowest BCUT2D eigenvalue weighted by atomic mass is 10.1. The van der Waals surface area contributed by atoms with Gasteiger partial charge >= 0.3 is 0 Å². The summed E-state index contributed by atoms with van der Waals surface area (Å²) in [6, 6.07) is 16.2. The highest BCUT2D eigenvalue weighted by atomic mass is 15.5. The van der Waals surface area contributed by atoms with Gasteiger partial charge in [0.05, 0.1) is 0 Å². The van der Waals surface area contributed by atoms with Crippen LogP contribution < -0.4 is 0 Å². The van der Waals surface area contributed by atoms with Gasteiger partial charge in [0.25, 0.3) is 0 Å². The molecular formula is C18H20N8. The fourth-order valence-electron chi connectivity index (χ4n) is 2.43. The summed E-state index contributed by atoms with van der Waals surface area (Å²) in [6.45, 7) is 4.10. The second-order valence-corrected chi connectivity index (χ2v) is 5.99. The molecule has 2 aromatic carbocycles. The van der Waals surface area contributed by atoms with Gasteiger partial charge in [-0.3, -0.25) is 0 Å². The first-order valence-electron chi connectivity index (χ1n) is 8.13. The molecule has 0 N–H and O–H groups in total. The molecule has 2 heterocycles. The molecule has 0 saturated carbocycles. The fraction of sp³-hybridized carbons (Fsp3) is 0.222. The van der Waals surface area contributed by atoms with Gasteiger partial charge in [-0.25, -0.2) is 9.36 Å². The van der Waals surface area contributed by atoms with Gasteiger partial charge in [0, 0.05) is 25.2 Å². The van der Waals surface area contributed by atoms with Crippen molar-refractivity contribution in [1.29, 1.82) is 0 Å². The van der Waals surface area contributed by atoms with Gasteiger partial charge in [0.15, 0.2) is 11.6 Å². The zero-order valence-corrected chi connectivity index (χ0v) is 15.2. The molecule has 0 atom stereocenters. The van der Waals surface area contributed by atoms with Crippen LogP contribution in [0, 0.1) is 13.8 Å². The van der Waals surface area contributed by atoms with Crippen molar-refractivity contribution in [3.8, 4) is 22.8 Å². The maximum Gasteiger partial charge on any atom is 0.181 e. The number of aryl methyl sites for hydroxylation is 4. The van der Waals surface area contributed by atoms with Crippen LogP contribution in [0.1, 0.15) is 11.1 Å². The lowest BCUT2D eigenvalue weighted by molar-refractivity contribution is 0.714. The zero-order valence-electron chi connectivity index (χ0n) is 15.2. The van der Waals surface area contributed by atoms with Crippen LogP contribution in [0.3, 0.4) is 0 Å². The summed E-state index contributed by atoms with van der Waals surface area (Å²) in [5.74, 6) is 1.59. The molecule has 0 saturated heterocycles. The minimum atomic E-state index is 0.792. The number of rotatable bonds is 2. The minimum absolute atomic E-state index is 0.792. The summed E-state index contributed by atoms with van der Waals surface area (Å²) in [5, 5.41) is 22.6. The highest BCUT2D eigenvalue weighted by Crippen LogP contribution is 2.16. The lowest BCUT2D eigenvalue weighted by Gasteiger charge is -1.99. The van der Waals surface area contributed by atoms with Crippen molar-refractivity contribution in [3.63, 3.8) is 0 Å². The smallest absolute Gasteiger partial charge is 0.181 e. The number of benzene rings is 2. The molecule has 0 aliphatic carbocycles. The van der Waals surface area contributed by atoms with E-state index in [4.69, 9.17) is 0 Å². The molecule has 0 fully saturated rings. The molecule has 0 unspecified atom stereocenters. The van der Waals surface area contributed by atoms with Crippen molar-refractivity contribution in [1.82, 2.24) is 40.4 Å².